The van der Waals surface area contributed by atoms with Gasteiger partial charge in [0.1, 0.15) is 0 Å². The fraction of sp³-hybridized carbons (Fsp3) is 0.412. The highest BCUT2D eigenvalue weighted by Crippen LogP contribution is 2.35. The number of amidine groups is 1. The molecule has 1 aromatic rings. The summed E-state index contributed by atoms with van der Waals surface area (Å²) in [7, 11) is 0. The van der Waals surface area contributed by atoms with E-state index < -0.39 is 0 Å². The predicted octanol–water partition coefficient (Wildman–Crippen LogP) is 3.53. The molecule has 0 aromatic heterocycles. The first kappa shape index (κ1) is 13.9. The molecule has 1 saturated carbocycles. The van der Waals surface area contributed by atoms with E-state index in [4.69, 9.17) is 0 Å². The fourth-order valence-electron chi connectivity index (χ4n) is 3.30. The van der Waals surface area contributed by atoms with Gasteiger partial charge in [-0.1, -0.05) is 36.7 Å². The molecule has 4 nitrogen and oxygen atoms in total. The Kier molecular flexibility index (Phi) is 3.66. The van der Waals surface area contributed by atoms with Gasteiger partial charge in [0.2, 0.25) is 5.91 Å². The lowest BCUT2D eigenvalue weighted by Crippen LogP contribution is -2.21. The van der Waals surface area contributed by atoms with Crippen molar-refractivity contribution in [3.63, 3.8) is 0 Å². The molecule has 114 valence electrons. The molecular formula is C17H19N3OS. The van der Waals surface area contributed by atoms with Crippen molar-refractivity contribution in [1.29, 1.82) is 0 Å². The second-order valence-electron chi connectivity index (χ2n) is 5.98. The molecular weight excluding hydrogens is 294 g/mol. The summed E-state index contributed by atoms with van der Waals surface area (Å²) in [5.41, 5.74) is 3.29. The third-order valence-electron chi connectivity index (χ3n) is 4.54. The van der Waals surface area contributed by atoms with E-state index in [0.29, 0.717) is 0 Å². The molecule has 5 heteroatoms. The summed E-state index contributed by atoms with van der Waals surface area (Å²) in [5, 5.41) is 6.31. The Hall–Kier alpha value is -1.75. The van der Waals surface area contributed by atoms with E-state index in [1.165, 1.54) is 24.1 Å². The zero-order chi connectivity index (χ0) is 14.9. The number of nitrogens with one attached hydrogen (secondary N) is 1. The second-order valence-corrected chi connectivity index (χ2v) is 6.82. The van der Waals surface area contributed by atoms with E-state index in [2.05, 4.69) is 32.7 Å². The number of hydrogen-bond donors (Lipinski definition) is 1. The molecule has 0 spiro atoms. The summed E-state index contributed by atoms with van der Waals surface area (Å²) >= 11 is 1.69. The minimum Gasteiger partial charge on any atom is -0.326 e. The van der Waals surface area contributed by atoms with E-state index in [-0.39, 0.29) is 11.8 Å². The number of fused-ring (bicyclic) bond motifs is 1. The average molecular weight is 313 g/mol. The van der Waals surface area contributed by atoms with Crippen LogP contribution in [-0.2, 0) is 4.79 Å². The Morgan fingerprint density at radius 3 is 2.77 bits per heavy atom. The molecule has 1 N–H and O–H groups in total. The predicted molar refractivity (Wildman–Crippen MR) is 91.6 cm³/mol. The minimum atomic E-state index is 0.176. The maximum Gasteiger partial charge on any atom is 0.227 e. The molecule has 1 aliphatic carbocycles. The Morgan fingerprint density at radius 2 is 2.00 bits per heavy atom. The Labute approximate surface area is 134 Å². The normalized spacial score (nSPS) is 20.8. The quantitative estimate of drug-likeness (QED) is 0.928. The van der Waals surface area contributed by atoms with Crippen LogP contribution < -0.4 is 5.32 Å². The van der Waals surface area contributed by atoms with Crippen LogP contribution >= 0.6 is 11.8 Å². The van der Waals surface area contributed by atoms with Crippen molar-refractivity contribution >= 4 is 34.2 Å². The number of carbonyl (C=O) groups is 1. The van der Waals surface area contributed by atoms with Crippen LogP contribution in [0, 0.1) is 5.92 Å². The van der Waals surface area contributed by atoms with Crippen molar-refractivity contribution in [2.75, 3.05) is 18.4 Å². The van der Waals surface area contributed by atoms with Gasteiger partial charge in [-0.2, -0.15) is 0 Å². The van der Waals surface area contributed by atoms with E-state index in [1.807, 2.05) is 12.1 Å². The number of thioether (sulfide) groups is 1. The first-order chi connectivity index (χ1) is 10.8. The van der Waals surface area contributed by atoms with Crippen LogP contribution in [0.15, 0.2) is 34.7 Å². The van der Waals surface area contributed by atoms with Crippen molar-refractivity contribution < 1.29 is 4.79 Å². The number of aliphatic imine (C=N–C) groups is 1. The number of amides is 1. The van der Waals surface area contributed by atoms with Crippen molar-refractivity contribution in [2.24, 2.45) is 10.9 Å². The lowest BCUT2D eigenvalue weighted by Gasteiger charge is -2.17. The number of hydrogen-bond acceptors (Lipinski definition) is 4. The highest BCUT2D eigenvalue weighted by Gasteiger charge is 2.27. The summed E-state index contributed by atoms with van der Waals surface area (Å²) in [6, 6.07) is 8.16. The maximum absolute atomic E-state index is 12.2. The largest absolute Gasteiger partial charge is 0.326 e. The first-order valence-corrected chi connectivity index (χ1v) is 8.79. The van der Waals surface area contributed by atoms with Crippen LogP contribution in [-0.4, -0.2) is 29.1 Å². The van der Waals surface area contributed by atoms with Crippen molar-refractivity contribution in [3.8, 4) is 0 Å². The summed E-state index contributed by atoms with van der Waals surface area (Å²) in [6.45, 7) is 1.85. The van der Waals surface area contributed by atoms with Crippen LogP contribution in [0.1, 0.15) is 31.2 Å². The number of anilines is 1. The lowest BCUT2D eigenvalue weighted by molar-refractivity contribution is -0.119. The zero-order valence-corrected chi connectivity index (χ0v) is 13.2. The van der Waals surface area contributed by atoms with Gasteiger partial charge in [-0.05, 0) is 30.5 Å². The van der Waals surface area contributed by atoms with Crippen LogP contribution in [0.3, 0.4) is 0 Å². The smallest absolute Gasteiger partial charge is 0.227 e. The van der Waals surface area contributed by atoms with Gasteiger partial charge in [-0.3, -0.25) is 9.79 Å². The van der Waals surface area contributed by atoms with Gasteiger partial charge >= 0.3 is 0 Å². The molecule has 1 amide bonds. The van der Waals surface area contributed by atoms with Gasteiger partial charge in [0.05, 0.1) is 12.2 Å². The average Bonchev–Trinajstić information content (AvgIpc) is 3.26. The first-order valence-electron chi connectivity index (χ1n) is 7.91. The van der Waals surface area contributed by atoms with Gasteiger partial charge in [0.15, 0.2) is 5.17 Å². The standard InChI is InChI=1S/C17H19N3OS/c21-16(13-3-1-2-4-13)19-14-7-5-12(6-8-14)15-11-22-17-18-9-10-20(15)17/h5-8,11,13H,1-4,9-10H2,(H,19,21). The highest BCUT2D eigenvalue weighted by atomic mass is 32.2. The van der Waals surface area contributed by atoms with Crippen LogP contribution in [0.25, 0.3) is 5.70 Å². The van der Waals surface area contributed by atoms with Gasteiger partial charge in [-0.15, -0.1) is 0 Å². The highest BCUT2D eigenvalue weighted by molar-refractivity contribution is 8.16. The lowest BCUT2D eigenvalue weighted by atomic mass is 10.1. The van der Waals surface area contributed by atoms with Crippen LogP contribution in [0.5, 0.6) is 0 Å². The van der Waals surface area contributed by atoms with E-state index in [9.17, 15) is 4.79 Å². The molecule has 1 aromatic carbocycles. The number of carbonyl (C=O) groups excluding carboxylic acids is 1. The minimum absolute atomic E-state index is 0.176. The fourth-order valence-corrected chi connectivity index (χ4v) is 4.27. The van der Waals surface area contributed by atoms with E-state index in [0.717, 1.165) is 36.8 Å². The summed E-state index contributed by atoms with van der Waals surface area (Å²) in [6.07, 6.45) is 4.43. The SMILES string of the molecule is O=C(Nc1ccc(C2=CSC3=NCCN23)cc1)C1CCCC1. The Bertz CT molecular complexity index is 644. The van der Waals surface area contributed by atoms with Crippen molar-refractivity contribution in [3.05, 3.63) is 35.2 Å². The van der Waals surface area contributed by atoms with E-state index >= 15 is 0 Å². The molecule has 1 fully saturated rings. The third kappa shape index (κ3) is 2.54. The van der Waals surface area contributed by atoms with Crippen molar-refractivity contribution in [2.45, 2.75) is 25.7 Å². The second kappa shape index (κ2) is 5.80. The maximum atomic E-state index is 12.2. The molecule has 2 heterocycles. The molecule has 22 heavy (non-hydrogen) atoms. The molecule has 0 radical (unpaired) electrons. The number of rotatable bonds is 3. The summed E-state index contributed by atoms with van der Waals surface area (Å²) in [4.78, 5) is 18.9. The van der Waals surface area contributed by atoms with Crippen LogP contribution in [0.2, 0.25) is 0 Å². The Morgan fingerprint density at radius 1 is 1.23 bits per heavy atom. The van der Waals surface area contributed by atoms with Gasteiger partial charge < -0.3 is 10.2 Å². The molecule has 0 atom stereocenters. The zero-order valence-electron chi connectivity index (χ0n) is 12.4. The van der Waals surface area contributed by atoms with E-state index in [1.54, 1.807) is 11.8 Å². The van der Waals surface area contributed by atoms with Gasteiger partial charge in [-0.25, -0.2) is 0 Å². The van der Waals surface area contributed by atoms with Gasteiger partial charge in [0.25, 0.3) is 0 Å². The Balaban J connectivity index is 1.44. The molecule has 0 saturated heterocycles. The third-order valence-corrected chi connectivity index (χ3v) is 5.44. The monoisotopic (exact) mass is 313 g/mol. The molecule has 2 aliphatic heterocycles. The number of nitrogens with zero attached hydrogens (tertiary/aromatic N) is 2. The topological polar surface area (TPSA) is 44.7 Å². The summed E-state index contributed by atoms with van der Waals surface area (Å²) in [5.74, 6) is 0.381. The number of benzene rings is 1. The molecule has 0 unspecified atom stereocenters. The summed E-state index contributed by atoms with van der Waals surface area (Å²) < 4.78 is 0. The molecule has 3 aliphatic rings. The van der Waals surface area contributed by atoms with Gasteiger partial charge in [0, 0.05) is 23.6 Å². The van der Waals surface area contributed by atoms with Crippen molar-refractivity contribution in [1.82, 2.24) is 4.90 Å². The molecule has 0 bridgehead atoms. The molecule has 4 rings (SSSR count). The van der Waals surface area contributed by atoms with Crippen LogP contribution in [0.4, 0.5) is 5.69 Å².